The van der Waals surface area contributed by atoms with Crippen LogP contribution >= 0.6 is 24.0 Å². The van der Waals surface area contributed by atoms with Crippen LogP contribution in [-0.4, -0.2) is 64.0 Å². The van der Waals surface area contributed by atoms with Crippen LogP contribution in [-0.2, 0) is 15.9 Å². The number of hydrogen-bond acceptors (Lipinski definition) is 3. The maximum Gasteiger partial charge on any atom is 0.193 e. The number of guanidine groups is 1. The molecule has 1 fully saturated rings. The summed E-state index contributed by atoms with van der Waals surface area (Å²) in [4.78, 5) is 6.48. The van der Waals surface area contributed by atoms with Crippen LogP contribution in [0.25, 0.3) is 0 Å². The standard InChI is InChI=1S/C19H29F2N3O2.HI/c1-22-19(23-10-7-15-5-3-6-17(20)18(15)21)24-11-8-16(9-12-24)26-14-4-13-25-2;/h3,5-6,16H,4,7-14H2,1-2H3,(H,22,23);1H. The Hall–Kier alpha value is -1.00. The van der Waals surface area contributed by atoms with E-state index >= 15 is 0 Å². The van der Waals surface area contributed by atoms with Crippen LogP contribution in [0, 0.1) is 11.6 Å². The second-order valence-corrected chi connectivity index (χ2v) is 6.34. The first-order valence-electron chi connectivity index (χ1n) is 9.14. The van der Waals surface area contributed by atoms with Gasteiger partial charge in [0.25, 0.3) is 0 Å². The van der Waals surface area contributed by atoms with Gasteiger partial charge in [-0.2, -0.15) is 0 Å². The van der Waals surface area contributed by atoms with Crippen LogP contribution in [0.5, 0.6) is 0 Å². The molecule has 0 radical (unpaired) electrons. The van der Waals surface area contributed by atoms with Crippen LogP contribution in [0.4, 0.5) is 8.78 Å². The van der Waals surface area contributed by atoms with Gasteiger partial charge in [-0.25, -0.2) is 8.78 Å². The Morgan fingerprint density at radius 2 is 2.00 bits per heavy atom. The van der Waals surface area contributed by atoms with Gasteiger partial charge in [0.05, 0.1) is 6.10 Å². The minimum atomic E-state index is -0.806. The molecule has 27 heavy (non-hydrogen) atoms. The minimum Gasteiger partial charge on any atom is -0.385 e. The molecule has 1 saturated heterocycles. The molecule has 0 saturated carbocycles. The van der Waals surface area contributed by atoms with Crippen molar-refractivity contribution in [3.05, 3.63) is 35.4 Å². The van der Waals surface area contributed by atoms with Crippen molar-refractivity contribution in [2.45, 2.75) is 31.8 Å². The van der Waals surface area contributed by atoms with E-state index in [4.69, 9.17) is 9.47 Å². The molecule has 1 heterocycles. The topological polar surface area (TPSA) is 46.1 Å². The number of hydrogen-bond donors (Lipinski definition) is 1. The number of nitrogens with zero attached hydrogens (tertiary/aromatic N) is 2. The molecule has 0 spiro atoms. The van der Waals surface area contributed by atoms with Gasteiger partial charge in [0, 0.05) is 47.0 Å². The van der Waals surface area contributed by atoms with E-state index in [-0.39, 0.29) is 30.1 Å². The molecule has 2 rings (SSSR count). The van der Waals surface area contributed by atoms with E-state index in [2.05, 4.69) is 15.2 Å². The van der Waals surface area contributed by atoms with Crippen LogP contribution in [0.2, 0.25) is 0 Å². The fourth-order valence-electron chi connectivity index (χ4n) is 3.07. The number of aliphatic imine (C=N–C) groups is 1. The lowest BCUT2D eigenvalue weighted by molar-refractivity contribution is 0.00991. The molecule has 1 aromatic rings. The van der Waals surface area contributed by atoms with Crippen LogP contribution in [0.1, 0.15) is 24.8 Å². The quantitative estimate of drug-likeness (QED) is 0.260. The van der Waals surface area contributed by atoms with E-state index in [1.165, 1.54) is 6.07 Å². The molecule has 0 aromatic heterocycles. The van der Waals surface area contributed by atoms with Crippen molar-refractivity contribution in [2.24, 2.45) is 4.99 Å². The number of benzene rings is 1. The van der Waals surface area contributed by atoms with Crippen molar-refractivity contribution in [3.8, 4) is 0 Å². The maximum absolute atomic E-state index is 13.7. The van der Waals surface area contributed by atoms with Gasteiger partial charge < -0.3 is 19.7 Å². The van der Waals surface area contributed by atoms with Gasteiger partial charge in [-0.1, -0.05) is 12.1 Å². The fraction of sp³-hybridized carbons (Fsp3) is 0.632. The smallest absolute Gasteiger partial charge is 0.193 e. The molecule has 1 aliphatic rings. The highest BCUT2D eigenvalue weighted by molar-refractivity contribution is 14.0. The third-order valence-electron chi connectivity index (χ3n) is 4.51. The largest absolute Gasteiger partial charge is 0.385 e. The number of rotatable bonds is 8. The lowest BCUT2D eigenvalue weighted by Gasteiger charge is -2.34. The molecule has 5 nitrogen and oxygen atoms in total. The second kappa shape index (κ2) is 13.2. The Morgan fingerprint density at radius 3 is 2.67 bits per heavy atom. The highest BCUT2D eigenvalue weighted by atomic mass is 127. The predicted octanol–water partition coefficient (Wildman–Crippen LogP) is 3.22. The van der Waals surface area contributed by atoms with E-state index < -0.39 is 11.6 Å². The van der Waals surface area contributed by atoms with Crippen LogP contribution < -0.4 is 5.32 Å². The SMILES string of the molecule is CN=C(NCCc1cccc(F)c1F)N1CCC(OCCCOC)CC1.I. The molecule has 0 atom stereocenters. The zero-order chi connectivity index (χ0) is 18.8. The third kappa shape index (κ3) is 7.87. The van der Waals surface area contributed by atoms with Gasteiger partial charge in [0.2, 0.25) is 0 Å². The van der Waals surface area contributed by atoms with Crippen molar-refractivity contribution in [1.82, 2.24) is 10.2 Å². The first-order chi connectivity index (χ1) is 12.7. The summed E-state index contributed by atoms with van der Waals surface area (Å²) < 4.78 is 37.8. The Balaban J connectivity index is 0.00000364. The number of methoxy groups -OCH3 is 1. The molecular formula is C19H30F2IN3O2. The second-order valence-electron chi connectivity index (χ2n) is 6.34. The number of halogens is 3. The van der Waals surface area contributed by atoms with Crippen molar-refractivity contribution in [1.29, 1.82) is 0 Å². The zero-order valence-corrected chi connectivity index (χ0v) is 18.4. The van der Waals surface area contributed by atoms with Gasteiger partial charge in [-0.15, -0.1) is 24.0 Å². The van der Waals surface area contributed by atoms with Crippen LogP contribution in [0.3, 0.4) is 0 Å². The Morgan fingerprint density at radius 1 is 1.26 bits per heavy atom. The fourth-order valence-corrected chi connectivity index (χ4v) is 3.07. The summed E-state index contributed by atoms with van der Waals surface area (Å²) in [6.45, 7) is 3.68. The van der Waals surface area contributed by atoms with E-state index in [0.717, 1.165) is 57.6 Å². The van der Waals surface area contributed by atoms with Gasteiger partial charge in [0.1, 0.15) is 0 Å². The molecule has 0 aliphatic carbocycles. The summed E-state index contributed by atoms with van der Waals surface area (Å²) in [5.74, 6) is -0.783. The first-order valence-corrected chi connectivity index (χ1v) is 9.14. The average Bonchev–Trinajstić information content (AvgIpc) is 2.66. The molecule has 8 heteroatoms. The Bertz CT molecular complexity index is 582. The summed E-state index contributed by atoms with van der Waals surface area (Å²) in [5, 5.41) is 3.24. The zero-order valence-electron chi connectivity index (χ0n) is 16.0. The van der Waals surface area contributed by atoms with Gasteiger partial charge in [-0.05, 0) is 37.3 Å². The third-order valence-corrected chi connectivity index (χ3v) is 4.51. The van der Waals surface area contributed by atoms with Crippen molar-refractivity contribution < 1.29 is 18.3 Å². The summed E-state index contributed by atoms with van der Waals surface area (Å²) in [6, 6.07) is 4.27. The molecule has 1 aliphatic heterocycles. The molecule has 0 bridgehead atoms. The van der Waals surface area contributed by atoms with Crippen molar-refractivity contribution in [3.63, 3.8) is 0 Å². The van der Waals surface area contributed by atoms with Gasteiger partial charge in [-0.3, -0.25) is 4.99 Å². The highest BCUT2D eigenvalue weighted by Crippen LogP contribution is 2.15. The van der Waals surface area contributed by atoms with Gasteiger partial charge >= 0.3 is 0 Å². The summed E-state index contributed by atoms with van der Waals surface area (Å²) in [6.07, 6.45) is 3.50. The van der Waals surface area contributed by atoms with Crippen molar-refractivity contribution >= 4 is 29.9 Å². The molecule has 0 unspecified atom stereocenters. The molecule has 154 valence electrons. The number of piperidine rings is 1. The van der Waals surface area contributed by atoms with Gasteiger partial charge in [0.15, 0.2) is 17.6 Å². The molecule has 1 aromatic carbocycles. The van der Waals surface area contributed by atoms with Crippen molar-refractivity contribution in [2.75, 3.05) is 47.0 Å². The van der Waals surface area contributed by atoms with Crippen LogP contribution in [0.15, 0.2) is 23.2 Å². The molecule has 0 amide bonds. The maximum atomic E-state index is 13.7. The Kier molecular flexibility index (Phi) is 11.8. The van der Waals surface area contributed by atoms with E-state index in [9.17, 15) is 8.78 Å². The number of likely N-dealkylation sites (tertiary alicyclic amines) is 1. The normalized spacial score (nSPS) is 15.6. The average molecular weight is 497 g/mol. The minimum absolute atomic E-state index is 0. The first kappa shape index (κ1) is 24.0. The predicted molar refractivity (Wildman–Crippen MR) is 114 cm³/mol. The Labute approximate surface area is 177 Å². The summed E-state index contributed by atoms with van der Waals surface area (Å²) in [5.41, 5.74) is 0.371. The lowest BCUT2D eigenvalue weighted by atomic mass is 10.1. The number of ether oxygens (including phenoxy) is 2. The highest BCUT2D eigenvalue weighted by Gasteiger charge is 2.21. The van der Waals surface area contributed by atoms with E-state index in [0.29, 0.717) is 18.5 Å². The summed E-state index contributed by atoms with van der Waals surface area (Å²) in [7, 11) is 3.43. The molecule has 1 N–H and O–H groups in total. The van der Waals surface area contributed by atoms with E-state index in [1.54, 1.807) is 20.2 Å². The van der Waals surface area contributed by atoms with E-state index in [1.807, 2.05) is 0 Å². The summed E-state index contributed by atoms with van der Waals surface area (Å²) >= 11 is 0. The molecular weight excluding hydrogens is 467 g/mol. The monoisotopic (exact) mass is 497 g/mol. The number of nitrogens with one attached hydrogen (secondary N) is 1. The lowest BCUT2D eigenvalue weighted by Crippen LogP contribution is -2.47.